The summed E-state index contributed by atoms with van der Waals surface area (Å²) in [6.07, 6.45) is 2.46. The van der Waals surface area contributed by atoms with Crippen molar-refractivity contribution in [2.24, 2.45) is 5.41 Å². The van der Waals surface area contributed by atoms with Gasteiger partial charge in [0.25, 0.3) is 0 Å². The number of nitrogens with one attached hydrogen (secondary N) is 2. The number of amides is 2. The van der Waals surface area contributed by atoms with E-state index in [1.807, 2.05) is 36.1 Å². The molecule has 8 nitrogen and oxygen atoms in total. The van der Waals surface area contributed by atoms with Gasteiger partial charge in [0.15, 0.2) is 0 Å². The average molecular weight is 414 g/mol. The van der Waals surface area contributed by atoms with E-state index in [2.05, 4.69) is 20.2 Å². The molecule has 0 radical (unpaired) electrons. The first-order chi connectivity index (χ1) is 14.5. The van der Waals surface area contributed by atoms with E-state index >= 15 is 0 Å². The van der Waals surface area contributed by atoms with Crippen LogP contribution in [0.4, 0.5) is 0 Å². The number of aromatic amines is 1. The quantitative estimate of drug-likeness (QED) is 0.742. The lowest BCUT2D eigenvalue weighted by Gasteiger charge is -2.42. The predicted octanol–water partition coefficient (Wildman–Crippen LogP) is 1.18. The first kappa shape index (κ1) is 20.8. The molecule has 2 aromatic rings. The molecule has 8 heteroatoms. The number of rotatable bonds is 6. The Balaban J connectivity index is 1.25. The SMILES string of the molecule is CC1(C(=O)N2CCOCC2)CCCN(CC(=O)NCCc2nc3ccccc3[nH]2)C1. The second-order valence-corrected chi connectivity index (χ2v) is 8.58. The van der Waals surface area contributed by atoms with Crippen LogP contribution in [0, 0.1) is 5.41 Å². The van der Waals surface area contributed by atoms with Crippen LogP contribution < -0.4 is 5.32 Å². The Hall–Kier alpha value is -2.45. The van der Waals surface area contributed by atoms with Gasteiger partial charge in [-0.15, -0.1) is 0 Å². The van der Waals surface area contributed by atoms with Crippen molar-refractivity contribution in [2.45, 2.75) is 26.2 Å². The normalized spacial score (nSPS) is 22.9. The summed E-state index contributed by atoms with van der Waals surface area (Å²) in [5.74, 6) is 1.06. The molecule has 2 aliphatic rings. The third-order valence-electron chi connectivity index (χ3n) is 6.08. The number of morpholine rings is 1. The molecule has 0 spiro atoms. The molecule has 2 fully saturated rings. The summed E-state index contributed by atoms with van der Waals surface area (Å²) in [7, 11) is 0. The van der Waals surface area contributed by atoms with E-state index in [0.29, 0.717) is 52.4 Å². The lowest BCUT2D eigenvalue weighted by atomic mass is 9.80. The van der Waals surface area contributed by atoms with E-state index in [-0.39, 0.29) is 11.8 Å². The van der Waals surface area contributed by atoms with Gasteiger partial charge < -0.3 is 19.9 Å². The summed E-state index contributed by atoms with van der Waals surface area (Å²) in [5, 5.41) is 2.99. The highest BCUT2D eigenvalue weighted by Crippen LogP contribution is 2.31. The third-order valence-corrected chi connectivity index (χ3v) is 6.08. The first-order valence-corrected chi connectivity index (χ1v) is 10.8. The van der Waals surface area contributed by atoms with Crippen molar-refractivity contribution in [1.29, 1.82) is 0 Å². The molecule has 2 amide bonds. The lowest BCUT2D eigenvalue weighted by Crippen LogP contribution is -2.55. The minimum Gasteiger partial charge on any atom is -0.378 e. The van der Waals surface area contributed by atoms with Crippen molar-refractivity contribution in [3.8, 4) is 0 Å². The van der Waals surface area contributed by atoms with E-state index in [1.54, 1.807) is 0 Å². The Bertz CT molecular complexity index is 859. The number of carbonyl (C=O) groups is 2. The van der Waals surface area contributed by atoms with Gasteiger partial charge in [0.05, 0.1) is 36.2 Å². The molecule has 0 aliphatic carbocycles. The minimum absolute atomic E-state index is 0.00539. The van der Waals surface area contributed by atoms with E-state index in [0.717, 1.165) is 36.2 Å². The number of hydrogen-bond donors (Lipinski definition) is 2. The standard InChI is InChI=1S/C22H31N5O3/c1-22(21(29)27-11-13-30-14-12-27)8-4-10-26(16-22)15-20(28)23-9-7-19-24-17-5-2-3-6-18(17)25-19/h2-3,5-6H,4,7-16H2,1H3,(H,23,28)(H,24,25). The van der Waals surface area contributed by atoms with Crippen LogP contribution in [0.25, 0.3) is 11.0 Å². The van der Waals surface area contributed by atoms with Gasteiger partial charge in [-0.05, 0) is 38.4 Å². The average Bonchev–Trinajstić information content (AvgIpc) is 3.16. The number of piperidine rings is 1. The number of fused-ring (bicyclic) bond motifs is 1. The fraction of sp³-hybridized carbons (Fsp3) is 0.591. The Morgan fingerprint density at radius 3 is 2.83 bits per heavy atom. The molecule has 162 valence electrons. The molecule has 0 saturated carbocycles. The molecule has 1 unspecified atom stereocenters. The molecule has 2 aliphatic heterocycles. The lowest BCUT2D eigenvalue weighted by molar-refractivity contribution is -0.149. The number of imidazole rings is 1. The van der Waals surface area contributed by atoms with Gasteiger partial charge in [-0.25, -0.2) is 4.98 Å². The first-order valence-electron chi connectivity index (χ1n) is 10.8. The number of nitrogens with zero attached hydrogens (tertiary/aromatic N) is 3. The molecule has 0 bridgehead atoms. The zero-order chi connectivity index (χ0) is 21.0. The van der Waals surface area contributed by atoms with Crippen LogP contribution in [0.15, 0.2) is 24.3 Å². The van der Waals surface area contributed by atoms with E-state index in [9.17, 15) is 9.59 Å². The molecular formula is C22H31N5O3. The zero-order valence-electron chi connectivity index (χ0n) is 17.7. The highest BCUT2D eigenvalue weighted by Gasteiger charge is 2.40. The van der Waals surface area contributed by atoms with Crippen molar-refractivity contribution in [2.75, 3.05) is 52.5 Å². The molecule has 4 rings (SSSR count). The number of H-pyrrole nitrogens is 1. The number of carbonyl (C=O) groups excluding carboxylic acids is 2. The molecule has 1 atom stereocenters. The summed E-state index contributed by atoms with van der Waals surface area (Å²) in [6, 6.07) is 7.91. The maximum Gasteiger partial charge on any atom is 0.234 e. The van der Waals surface area contributed by atoms with Crippen LogP contribution in [0.1, 0.15) is 25.6 Å². The number of para-hydroxylation sites is 2. The summed E-state index contributed by atoms with van der Waals surface area (Å²) in [4.78, 5) is 37.4. The van der Waals surface area contributed by atoms with Crippen molar-refractivity contribution in [3.05, 3.63) is 30.1 Å². The van der Waals surface area contributed by atoms with Crippen LogP contribution in [-0.4, -0.2) is 84.1 Å². The van der Waals surface area contributed by atoms with Crippen molar-refractivity contribution < 1.29 is 14.3 Å². The molecule has 3 heterocycles. The Labute approximate surface area is 177 Å². The highest BCUT2D eigenvalue weighted by atomic mass is 16.5. The van der Waals surface area contributed by atoms with E-state index < -0.39 is 5.41 Å². The van der Waals surface area contributed by atoms with Crippen molar-refractivity contribution in [3.63, 3.8) is 0 Å². The summed E-state index contributed by atoms with van der Waals surface area (Å²) < 4.78 is 5.37. The van der Waals surface area contributed by atoms with Crippen molar-refractivity contribution >= 4 is 22.8 Å². The smallest absolute Gasteiger partial charge is 0.234 e. The molecule has 2 saturated heterocycles. The number of ether oxygens (including phenoxy) is 1. The van der Waals surface area contributed by atoms with Crippen molar-refractivity contribution in [1.82, 2.24) is 25.1 Å². The van der Waals surface area contributed by atoms with E-state index in [1.165, 1.54) is 0 Å². The number of aromatic nitrogens is 2. The highest BCUT2D eigenvalue weighted by molar-refractivity contribution is 5.83. The molecule has 2 N–H and O–H groups in total. The van der Waals surface area contributed by atoms with Crippen LogP contribution in [0.3, 0.4) is 0 Å². The molecular weight excluding hydrogens is 382 g/mol. The maximum absolute atomic E-state index is 13.0. The van der Waals surface area contributed by atoms with Gasteiger partial charge in [0.2, 0.25) is 11.8 Å². The topological polar surface area (TPSA) is 90.6 Å². The zero-order valence-corrected chi connectivity index (χ0v) is 17.7. The summed E-state index contributed by atoms with van der Waals surface area (Å²) >= 11 is 0. The Morgan fingerprint density at radius 2 is 2.03 bits per heavy atom. The van der Waals surface area contributed by atoms with Gasteiger partial charge in [0, 0.05) is 32.6 Å². The van der Waals surface area contributed by atoms with Crippen LogP contribution in [-0.2, 0) is 20.7 Å². The van der Waals surface area contributed by atoms with E-state index in [4.69, 9.17) is 4.74 Å². The maximum atomic E-state index is 13.0. The minimum atomic E-state index is -0.426. The Kier molecular flexibility index (Phi) is 6.34. The summed E-state index contributed by atoms with van der Waals surface area (Å²) in [5.41, 5.74) is 1.53. The number of hydrogen-bond acceptors (Lipinski definition) is 5. The van der Waals surface area contributed by atoms with Gasteiger partial charge >= 0.3 is 0 Å². The van der Waals surface area contributed by atoms with Crippen LogP contribution >= 0.6 is 0 Å². The monoisotopic (exact) mass is 413 g/mol. The molecule has 1 aromatic heterocycles. The van der Waals surface area contributed by atoms with Gasteiger partial charge in [0.1, 0.15) is 5.82 Å². The summed E-state index contributed by atoms with van der Waals surface area (Å²) in [6.45, 7) is 6.92. The molecule has 30 heavy (non-hydrogen) atoms. The largest absolute Gasteiger partial charge is 0.378 e. The van der Waals surface area contributed by atoms with Gasteiger partial charge in [-0.3, -0.25) is 14.5 Å². The van der Waals surface area contributed by atoms with Gasteiger partial charge in [-0.1, -0.05) is 12.1 Å². The third kappa shape index (κ3) is 4.82. The predicted molar refractivity (Wildman–Crippen MR) is 114 cm³/mol. The number of likely N-dealkylation sites (tertiary alicyclic amines) is 1. The molecule has 1 aromatic carbocycles. The van der Waals surface area contributed by atoms with Crippen LogP contribution in [0.5, 0.6) is 0 Å². The second kappa shape index (κ2) is 9.14. The fourth-order valence-electron chi connectivity index (χ4n) is 4.51. The second-order valence-electron chi connectivity index (χ2n) is 8.58. The Morgan fingerprint density at radius 1 is 1.23 bits per heavy atom. The fourth-order valence-corrected chi connectivity index (χ4v) is 4.51. The number of benzene rings is 1. The van der Waals surface area contributed by atoms with Crippen LogP contribution in [0.2, 0.25) is 0 Å². The van der Waals surface area contributed by atoms with Gasteiger partial charge in [-0.2, -0.15) is 0 Å².